The van der Waals surface area contributed by atoms with Crippen molar-refractivity contribution in [2.24, 2.45) is 0 Å². The van der Waals surface area contributed by atoms with Gasteiger partial charge >= 0.3 is 0 Å². The van der Waals surface area contributed by atoms with E-state index in [0.717, 1.165) is 5.56 Å². The van der Waals surface area contributed by atoms with Crippen molar-refractivity contribution in [2.45, 2.75) is 13.0 Å². The maximum Gasteiger partial charge on any atom is 0.222 e. The van der Waals surface area contributed by atoms with Gasteiger partial charge in [-0.15, -0.1) is 0 Å². The Labute approximate surface area is 138 Å². The summed E-state index contributed by atoms with van der Waals surface area (Å²) in [5, 5.41) is 6.52. The number of aromatic nitrogens is 2. The van der Waals surface area contributed by atoms with Crippen LogP contribution in [0.25, 0.3) is 10.9 Å². The van der Waals surface area contributed by atoms with Gasteiger partial charge in [-0.2, -0.15) is 0 Å². The van der Waals surface area contributed by atoms with Crippen molar-refractivity contribution in [3.8, 4) is 0 Å². The van der Waals surface area contributed by atoms with Crippen LogP contribution in [0.3, 0.4) is 0 Å². The van der Waals surface area contributed by atoms with Crippen LogP contribution in [0.2, 0.25) is 0 Å². The van der Waals surface area contributed by atoms with Crippen molar-refractivity contribution in [1.29, 1.82) is 0 Å². The topological polar surface area (TPSA) is 66.9 Å². The summed E-state index contributed by atoms with van der Waals surface area (Å²) >= 11 is 0. The van der Waals surface area contributed by atoms with Crippen LogP contribution in [-0.2, 0) is 11.3 Å². The molecule has 0 aliphatic rings. The lowest BCUT2D eigenvalue weighted by atomic mass is 10.2. The van der Waals surface area contributed by atoms with Gasteiger partial charge in [-0.3, -0.25) is 4.79 Å². The Kier molecular flexibility index (Phi) is 4.96. The minimum absolute atomic E-state index is 0.0594. The first kappa shape index (κ1) is 15.9. The molecule has 1 heterocycles. The molecule has 6 heteroatoms. The molecule has 0 bridgehead atoms. The monoisotopic (exact) mass is 324 g/mol. The fourth-order valence-corrected chi connectivity index (χ4v) is 2.37. The third kappa shape index (κ3) is 3.84. The summed E-state index contributed by atoms with van der Waals surface area (Å²) in [4.78, 5) is 19.9. The van der Waals surface area contributed by atoms with Crippen LogP contribution in [0.4, 0.5) is 10.2 Å². The van der Waals surface area contributed by atoms with E-state index in [0.29, 0.717) is 30.7 Å². The maximum absolute atomic E-state index is 13.7. The van der Waals surface area contributed by atoms with Gasteiger partial charge in [0.2, 0.25) is 5.91 Å². The van der Waals surface area contributed by atoms with Crippen LogP contribution in [0, 0.1) is 5.82 Å². The van der Waals surface area contributed by atoms with E-state index < -0.39 is 5.82 Å². The molecule has 2 N–H and O–H groups in total. The lowest BCUT2D eigenvalue weighted by Gasteiger charge is -2.09. The first-order chi connectivity index (χ1) is 11.7. The highest BCUT2D eigenvalue weighted by molar-refractivity contribution is 5.89. The molecular formula is C18H17FN4O. The molecular weight excluding hydrogens is 307 g/mol. The SMILES string of the molecule is O=C(CCNc1ncnc2c(F)cccc12)NCc1ccccc1. The Bertz CT molecular complexity index is 839. The number of fused-ring (bicyclic) bond motifs is 1. The average Bonchev–Trinajstić information content (AvgIpc) is 2.62. The number of nitrogens with one attached hydrogen (secondary N) is 2. The van der Waals surface area contributed by atoms with E-state index in [4.69, 9.17) is 0 Å². The van der Waals surface area contributed by atoms with Gasteiger partial charge in [-0.25, -0.2) is 14.4 Å². The molecule has 0 spiro atoms. The molecule has 0 saturated heterocycles. The van der Waals surface area contributed by atoms with Crippen LogP contribution < -0.4 is 10.6 Å². The quantitative estimate of drug-likeness (QED) is 0.732. The minimum Gasteiger partial charge on any atom is -0.369 e. The average molecular weight is 324 g/mol. The van der Waals surface area contributed by atoms with Crippen LogP contribution in [-0.4, -0.2) is 22.4 Å². The first-order valence-corrected chi connectivity index (χ1v) is 7.68. The minimum atomic E-state index is -0.390. The van der Waals surface area contributed by atoms with Gasteiger partial charge in [0.05, 0.1) is 0 Å². The van der Waals surface area contributed by atoms with E-state index in [1.54, 1.807) is 12.1 Å². The zero-order valence-corrected chi connectivity index (χ0v) is 13.0. The smallest absolute Gasteiger partial charge is 0.222 e. The summed E-state index contributed by atoms with van der Waals surface area (Å²) in [5.74, 6) is 0.0739. The van der Waals surface area contributed by atoms with E-state index in [9.17, 15) is 9.18 Å². The lowest BCUT2D eigenvalue weighted by Crippen LogP contribution is -2.25. The van der Waals surface area contributed by atoms with E-state index in [-0.39, 0.29) is 11.4 Å². The van der Waals surface area contributed by atoms with Crippen LogP contribution in [0.5, 0.6) is 0 Å². The first-order valence-electron chi connectivity index (χ1n) is 7.68. The highest BCUT2D eigenvalue weighted by atomic mass is 19.1. The van der Waals surface area contributed by atoms with E-state index >= 15 is 0 Å². The molecule has 0 unspecified atom stereocenters. The Morgan fingerprint density at radius 3 is 2.71 bits per heavy atom. The Hall–Kier alpha value is -3.02. The molecule has 3 rings (SSSR count). The molecule has 2 aromatic carbocycles. The predicted octanol–water partition coefficient (Wildman–Crippen LogP) is 2.89. The largest absolute Gasteiger partial charge is 0.369 e. The zero-order valence-electron chi connectivity index (χ0n) is 13.0. The number of amides is 1. The summed E-state index contributed by atoms with van der Waals surface area (Å²) in [6.45, 7) is 0.907. The number of halogens is 1. The summed E-state index contributed by atoms with van der Waals surface area (Å²) < 4.78 is 13.7. The van der Waals surface area contributed by atoms with Gasteiger partial charge in [0.15, 0.2) is 0 Å². The van der Waals surface area contributed by atoms with E-state index in [1.807, 2.05) is 30.3 Å². The van der Waals surface area contributed by atoms with Crippen molar-refractivity contribution < 1.29 is 9.18 Å². The number of hydrogen-bond acceptors (Lipinski definition) is 4. The standard InChI is InChI=1S/C18H17FN4O/c19-15-8-4-7-14-17(15)22-12-23-18(14)20-10-9-16(24)21-11-13-5-2-1-3-6-13/h1-8,12H,9-11H2,(H,21,24)(H,20,22,23). The molecule has 122 valence electrons. The molecule has 0 radical (unpaired) electrons. The second kappa shape index (κ2) is 7.50. The number of rotatable bonds is 6. The number of para-hydroxylation sites is 1. The second-order valence-electron chi connectivity index (χ2n) is 5.30. The number of anilines is 1. The molecule has 0 aliphatic heterocycles. The van der Waals surface area contributed by atoms with Gasteiger partial charge in [-0.05, 0) is 17.7 Å². The molecule has 5 nitrogen and oxygen atoms in total. The molecule has 0 aliphatic carbocycles. The molecule has 3 aromatic rings. The van der Waals surface area contributed by atoms with Crippen LogP contribution >= 0.6 is 0 Å². The van der Waals surface area contributed by atoms with Gasteiger partial charge < -0.3 is 10.6 Å². The third-order valence-corrected chi connectivity index (χ3v) is 3.59. The van der Waals surface area contributed by atoms with Crippen molar-refractivity contribution >= 4 is 22.6 Å². The van der Waals surface area contributed by atoms with Crippen molar-refractivity contribution in [2.75, 3.05) is 11.9 Å². The van der Waals surface area contributed by atoms with Crippen molar-refractivity contribution in [3.63, 3.8) is 0 Å². The molecule has 0 fully saturated rings. The number of carbonyl (C=O) groups is 1. The van der Waals surface area contributed by atoms with Crippen LogP contribution in [0.15, 0.2) is 54.9 Å². The summed E-state index contributed by atoms with van der Waals surface area (Å²) in [6, 6.07) is 14.4. The van der Waals surface area contributed by atoms with Crippen molar-refractivity contribution in [3.05, 3.63) is 66.2 Å². The molecule has 24 heavy (non-hydrogen) atoms. The zero-order chi connectivity index (χ0) is 16.8. The summed E-state index contributed by atoms with van der Waals surface area (Å²) in [5.41, 5.74) is 1.32. The number of benzene rings is 2. The number of carbonyl (C=O) groups excluding carboxylic acids is 1. The fourth-order valence-electron chi connectivity index (χ4n) is 2.37. The number of nitrogens with zero attached hydrogens (tertiary/aromatic N) is 2. The molecule has 0 atom stereocenters. The Balaban J connectivity index is 1.53. The highest BCUT2D eigenvalue weighted by Gasteiger charge is 2.07. The van der Waals surface area contributed by atoms with Gasteiger partial charge in [0, 0.05) is 24.9 Å². The normalized spacial score (nSPS) is 10.5. The summed E-state index contributed by atoms with van der Waals surface area (Å²) in [7, 11) is 0. The third-order valence-electron chi connectivity index (χ3n) is 3.59. The second-order valence-corrected chi connectivity index (χ2v) is 5.30. The van der Waals surface area contributed by atoms with Gasteiger partial charge in [0.1, 0.15) is 23.5 Å². The van der Waals surface area contributed by atoms with E-state index in [1.165, 1.54) is 12.4 Å². The Morgan fingerprint density at radius 1 is 1.04 bits per heavy atom. The number of hydrogen-bond donors (Lipinski definition) is 2. The maximum atomic E-state index is 13.7. The Morgan fingerprint density at radius 2 is 1.88 bits per heavy atom. The molecule has 0 saturated carbocycles. The van der Waals surface area contributed by atoms with Gasteiger partial charge in [0.25, 0.3) is 0 Å². The lowest BCUT2D eigenvalue weighted by molar-refractivity contribution is -0.121. The summed E-state index contributed by atoms with van der Waals surface area (Å²) in [6.07, 6.45) is 1.61. The van der Waals surface area contributed by atoms with E-state index in [2.05, 4.69) is 20.6 Å². The van der Waals surface area contributed by atoms with Crippen LogP contribution in [0.1, 0.15) is 12.0 Å². The highest BCUT2D eigenvalue weighted by Crippen LogP contribution is 2.20. The van der Waals surface area contributed by atoms with Crippen molar-refractivity contribution in [1.82, 2.24) is 15.3 Å². The fraction of sp³-hybridized carbons (Fsp3) is 0.167. The van der Waals surface area contributed by atoms with Gasteiger partial charge in [-0.1, -0.05) is 36.4 Å². The molecule has 1 aromatic heterocycles. The molecule has 1 amide bonds. The predicted molar refractivity (Wildman–Crippen MR) is 90.9 cm³/mol.